The Balaban J connectivity index is 1.31. The topological polar surface area (TPSA) is 73.2 Å². The molecule has 4 atom stereocenters. The molecule has 2 aromatic rings. The molecule has 2 unspecified atom stereocenters. The van der Waals surface area contributed by atoms with Crippen molar-refractivity contribution in [1.29, 1.82) is 0 Å². The molecule has 2 fully saturated rings. The average molecular weight is 383 g/mol. The molecule has 2 aromatic carbocycles. The number of phenolic OH excluding ortho intramolecular Hbond substituents is 1. The van der Waals surface area contributed by atoms with E-state index in [1.54, 1.807) is 31.4 Å². The Kier molecular flexibility index (Phi) is 5.32. The van der Waals surface area contributed by atoms with Gasteiger partial charge in [0.2, 0.25) is 0 Å². The molecule has 28 heavy (non-hydrogen) atoms. The van der Waals surface area contributed by atoms with Gasteiger partial charge in [-0.3, -0.25) is 4.90 Å². The quantitative estimate of drug-likeness (QED) is 0.715. The first-order valence-corrected chi connectivity index (χ1v) is 9.99. The Labute approximate surface area is 166 Å². The van der Waals surface area contributed by atoms with Crippen LogP contribution in [-0.2, 0) is 6.42 Å². The van der Waals surface area contributed by atoms with Gasteiger partial charge in [-0.25, -0.2) is 0 Å². The Morgan fingerprint density at radius 1 is 1.04 bits per heavy atom. The molecule has 3 N–H and O–H groups in total. The largest absolute Gasteiger partial charge is 0.508 e. The van der Waals surface area contributed by atoms with Crippen molar-refractivity contribution in [3.8, 4) is 11.5 Å². The van der Waals surface area contributed by atoms with E-state index in [4.69, 9.17) is 4.74 Å². The fourth-order valence-electron chi connectivity index (χ4n) is 5.02. The van der Waals surface area contributed by atoms with E-state index in [0.717, 1.165) is 42.8 Å². The zero-order valence-electron chi connectivity index (χ0n) is 16.3. The van der Waals surface area contributed by atoms with Gasteiger partial charge in [0, 0.05) is 26.1 Å². The highest BCUT2D eigenvalue weighted by Gasteiger charge is 2.48. The fraction of sp³-hybridized carbons (Fsp3) is 0.478. The number of aliphatic hydroxyl groups excluding tert-OH is 1. The van der Waals surface area contributed by atoms with Crippen LogP contribution in [0.25, 0.3) is 0 Å². The molecular formula is C23H29NO4. The molecule has 0 amide bonds. The number of rotatable bonds is 6. The van der Waals surface area contributed by atoms with Gasteiger partial charge in [0.1, 0.15) is 11.5 Å². The molecule has 2 aliphatic rings. The number of aromatic hydroxyl groups is 1. The number of methoxy groups -OCH3 is 1. The summed E-state index contributed by atoms with van der Waals surface area (Å²) in [6.07, 6.45) is 1.75. The molecule has 1 aliphatic carbocycles. The van der Waals surface area contributed by atoms with Crippen LogP contribution in [0.3, 0.4) is 0 Å². The second-order valence-electron chi connectivity index (χ2n) is 8.50. The highest BCUT2D eigenvalue weighted by molar-refractivity contribution is 5.29. The van der Waals surface area contributed by atoms with Gasteiger partial charge in [0.05, 0.1) is 18.8 Å². The number of hydrogen-bond donors (Lipinski definition) is 3. The highest BCUT2D eigenvalue weighted by Crippen LogP contribution is 2.45. The summed E-state index contributed by atoms with van der Waals surface area (Å²) in [6, 6.07) is 14.7. The van der Waals surface area contributed by atoms with Crippen molar-refractivity contribution in [3.05, 3.63) is 59.7 Å². The second-order valence-corrected chi connectivity index (χ2v) is 8.50. The summed E-state index contributed by atoms with van der Waals surface area (Å²) in [7, 11) is 1.66. The third kappa shape index (κ3) is 4.17. The van der Waals surface area contributed by atoms with Gasteiger partial charge < -0.3 is 20.1 Å². The number of β-amino-alcohol motifs (C(OH)–C–C–N with tert-alkyl or cyclic N) is 1. The molecule has 5 nitrogen and oxygen atoms in total. The van der Waals surface area contributed by atoms with E-state index in [1.807, 2.05) is 24.3 Å². The Bertz CT molecular complexity index is 775. The summed E-state index contributed by atoms with van der Waals surface area (Å²) >= 11 is 0. The maximum Gasteiger partial charge on any atom is 0.118 e. The van der Waals surface area contributed by atoms with E-state index >= 15 is 0 Å². The number of benzene rings is 2. The minimum atomic E-state index is -0.633. The van der Waals surface area contributed by atoms with Crippen LogP contribution in [0.1, 0.15) is 30.1 Å². The van der Waals surface area contributed by atoms with Gasteiger partial charge in [-0.05, 0) is 60.1 Å². The Morgan fingerprint density at radius 2 is 1.64 bits per heavy atom. The predicted octanol–water partition coefficient (Wildman–Crippen LogP) is 2.75. The molecular weight excluding hydrogens is 354 g/mol. The summed E-state index contributed by atoms with van der Waals surface area (Å²) in [5.41, 5.74) is 1.33. The van der Waals surface area contributed by atoms with Crippen LogP contribution in [-0.4, -0.2) is 52.6 Å². The molecule has 4 rings (SSSR count). The summed E-state index contributed by atoms with van der Waals surface area (Å²) in [5.74, 6) is 2.01. The number of nitrogens with zero attached hydrogens (tertiary/aromatic N) is 1. The zero-order chi connectivity index (χ0) is 19.7. The number of likely N-dealkylation sites (tertiary alicyclic amines) is 1. The average Bonchev–Trinajstić information content (AvgIpc) is 3.16. The second kappa shape index (κ2) is 7.74. The summed E-state index contributed by atoms with van der Waals surface area (Å²) < 4.78 is 5.21. The summed E-state index contributed by atoms with van der Waals surface area (Å²) in [4.78, 5) is 2.31. The Morgan fingerprint density at radius 3 is 2.21 bits per heavy atom. The molecule has 1 saturated heterocycles. The maximum absolute atomic E-state index is 11.1. The number of phenols is 1. The normalized spacial score (nSPS) is 28.2. The van der Waals surface area contributed by atoms with Gasteiger partial charge in [0.25, 0.3) is 0 Å². The van der Waals surface area contributed by atoms with E-state index in [9.17, 15) is 15.3 Å². The van der Waals surface area contributed by atoms with Crippen molar-refractivity contribution in [2.45, 2.75) is 31.0 Å². The van der Waals surface area contributed by atoms with Crippen molar-refractivity contribution >= 4 is 0 Å². The fourth-order valence-corrected chi connectivity index (χ4v) is 5.02. The van der Waals surface area contributed by atoms with Crippen LogP contribution in [0.5, 0.6) is 11.5 Å². The molecule has 0 radical (unpaired) electrons. The van der Waals surface area contributed by atoms with Crippen LogP contribution >= 0.6 is 0 Å². The van der Waals surface area contributed by atoms with Gasteiger partial charge in [-0.15, -0.1) is 0 Å². The first-order chi connectivity index (χ1) is 13.4. The lowest BCUT2D eigenvalue weighted by Gasteiger charge is -2.27. The van der Waals surface area contributed by atoms with Crippen LogP contribution in [0, 0.1) is 11.8 Å². The zero-order valence-corrected chi connectivity index (χ0v) is 16.3. The third-order valence-corrected chi connectivity index (χ3v) is 6.34. The maximum atomic E-state index is 11.1. The Hall–Kier alpha value is -2.08. The molecule has 1 aliphatic heterocycles. The van der Waals surface area contributed by atoms with E-state index in [1.165, 1.54) is 0 Å². The minimum absolute atomic E-state index is 0.211. The van der Waals surface area contributed by atoms with Crippen molar-refractivity contribution in [2.24, 2.45) is 11.8 Å². The number of aliphatic hydroxyl groups is 2. The first-order valence-electron chi connectivity index (χ1n) is 9.99. The summed E-state index contributed by atoms with van der Waals surface area (Å²) in [5, 5.41) is 31.0. The van der Waals surface area contributed by atoms with Gasteiger partial charge in [-0.1, -0.05) is 24.3 Å². The van der Waals surface area contributed by atoms with E-state index in [2.05, 4.69) is 4.90 Å². The number of ether oxygens (including phenoxy) is 1. The van der Waals surface area contributed by atoms with Gasteiger partial charge in [0.15, 0.2) is 0 Å². The van der Waals surface area contributed by atoms with Crippen molar-refractivity contribution in [3.63, 3.8) is 0 Å². The first kappa shape index (κ1) is 19.2. The van der Waals surface area contributed by atoms with Crippen molar-refractivity contribution in [2.75, 3.05) is 26.7 Å². The lowest BCUT2D eigenvalue weighted by Crippen LogP contribution is -2.33. The van der Waals surface area contributed by atoms with Crippen LogP contribution in [0.2, 0.25) is 0 Å². The highest BCUT2D eigenvalue weighted by atomic mass is 16.5. The van der Waals surface area contributed by atoms with Gasteiger partial charge in [-0.2, -0.15) is 0 Å². The SMILES string of the molecule is COc1ccc(CC2(O)C[C@H]3CN(CC(O)c4ccc(O)cc4)C[C@H]3C2)cc1. The number of hydrogen-bond acceptors (Lipinski definition) is 5. The van der Waals surface area contributed by atoms with Crippen molar-refractivity contribution in [1.82, 2.24) is 4.90 Å². The molecule has 0 aromatic heterocycles. The monoisotopic (exact) mass is 383 g/mol. The van der Waals surface area contributed by atoms with E-state index in [0.29, 0.717) is 24.8 Å². The van der Waals surface area contributed by atoms with Gasteiger partial charge >= 0.3 is 0 Å². The smallest absolute Gasteiger partial charge is 0.118 e. The number of fused-ring (bicyclic) bond motifs is 1. The van der Waals surface area contributed by atoms with Crippen LogP contribution in [0.15, 0.2) is 48.5 Å². The summed E-state index contributed by atoms with van der Waals surface area (Å²) in [6.45, 7) is 2.43. The minimum Gasteiger partial charge on any atom is -0.508 e. The van der Waals surface area contributed by atoms with E-state index in [-0.39, 0.29) is 5.75 Å². The molecule has 0 spiro atoms. The molecule has 1 saturated carbocycles. The van der Waals surface area contributed by atoms with Crippen LogP contribution < -0.4 is 4.74 Å². The molecule has 5 heteroatoms. The third-order valence-electron chi connectivity index (χ3n) is 6.34. The lowest BCUT2D eigenvalue weighted by atomic mass is 9.91. The standard InChI is InChI=1S/C23H29NO4/c1-28-21-8-2-16(3-9-21)10-23(27)11-18-13-24(14-19(18)12-23)15-22(26)17-4-6-20(25)7-5-17/h2-9,18-19,22,25-27H,10-15H2,1H3/t18-,19+,22?,23?. The lowest BCUT2D eigenvalue weighted by molar-refractivity contribution is 0.0328. The van der Waals surface area contributed by atoms with Crippen LogP contribution in [0.4, 0.5) is 0 Å². The molecule has 150 valence electrons. The van der Waals surface area contributed by atoms with Crippen molar-refractivity contribution < 1.29 is 20.1 Å². The molecule has 1 heterocycles. The molecule has 0 bridgehead atoms. The predicted molar refractivity (Wildman–Crippen MR) is 107 cm³/mol. The van der Waals surface area contributed by atoms with E-state index < -0.39 is 11.7 Å².